The molecule has 0 aliphatic heterocycles. The van der Waals surface area contributed by atoms with Crippen molar-refractivity contribution in [2.45, 2.75) is 0 Å². The monoisotopic (exact) mass is 363 g/mol. The van der Waals surface area contributed by atoms with Gasteiger partial charge in [0.2, 0.25) is 5.43 Å². The zero-order valence-electron chi connectivity index (χ0n) is 13.2. The number of nitrogens with one attached hydrogen (secondary N) is 1. The highest BCUT2D eigenvalue weighted by atomic mass is 19.1. The molecule has 6 nitrogen and oxygen atoms in total. The van der Waals surface area contributed by atoms with E-state index in [1.807, 2.05) is 0 Å². The molecule has 0 radical (unpaired) electrons. The van der Waals surface area contributed by atoms with Crippen LogP contribution in [0.3, 0.4) is 0 Å². The Hall–Kier alpha value is -3.36. The first kappa shape index (κ1) is 17.5. The number of halogens is 3. The van der Waals surface area contributed by atoms with Gasteiger partial charge in [-0.15, -0.1) is 0 Å². The minimum absolute atomic E-state index is 0.0269. The van der Waals surface area contributed by atoms with Gasteiger partial charge in [-0.25, -0.2) is 22.9 Å². The maximum Gasteiger partial charge on any atom is 0.341 e. The van der Waals surface area contributed by atoms with Crippen LogP contribution in [0.1, 0.15) is 10.4 Å². The number of hydrogen-bond acceptors (Lipinski definition) is 4. The Morgan fingerprint density at radius 3 is 2.65 bits per heavy atom. The number of fused-ring (bicyclic) bond motifs is 1. The Bertz CT molecular complexity index is 1070. The molecule has 26 heavy (non-hydrogen) atoms. The Morgan fingerprint density at radius 1 is 1.23 bits per heavy atom. The Labute approximate surface area is 144 Å². The highest BCUT2D eigenvalue weighted by Crippen LogP contribution is 2.21. The van der Waals surface area contributed by atoms with Crippen molar-refractivity contribution in [2.24, 2.45) is 0 Å². The van der Waals surface area contributed by atoms with Crippen molar-refractivity contribution in [1.29, 1.82) is 0 Å². The van der Waals surface area contributed by atoms with E-state index >= 15 is 0 Å². The molecule has 0 amide bonds. The summed E-state index contributed by atoms with van der Waals surface area (Å²) in [6, 6.07) is 5.43. The van der Waals surface area contributed by atoms with Gasteiger partial charge in [-0.05, 0) is 24.3 Å². The van der Waals surface area contributed by atoms with Gasteiger partial charge in [0.05, 0.1) is 11.1 Å². The van der Waals surface area contributed by atoms with Crippen molar-refractivity contribution in [3.8, 4) is 5.69 Å². The van der Waals surface area contributed by atoms with Crippen LogP contribution in [0.15, 0.2) is 41.3 Å². The molecule has 0 aliphatic rings. The summed E-state index contributed by atoms with van der Waals surface area (Å²) >= 11 is 0. The normalized spacial score (nSPS) is 10.9. The summed E-state index contributed by atoms with van der Waals surface area (Å²) in [5.41, 5.74) is -1.62. The SMILES string of the molecule is O=C(O)c1cn(-c2ccc(F)cc2F)c2nc(NCCF)ccc2c1=O. The molecule has 0 atom stereocenters. The summed E-state index contributed by atoms with van der Waals surface area (Å²) in [4.78, 5) is 27.9. The predicted octanol–water partition coefficient (Wildman–Crippen LogP) is 2.74. The highest BCUT2D eigenvalue weighted by molar-refractivity contribution is 5.92. The summed E-state index contributed by atoms with van der Waals surface area (Å²) < 4.78 is 40.8. The van der Waals surface area contributed by atoms with E-state index in [-0.39, 0.29) is 29.1 Å². The lowest BCUT2D eigenvalue weighted by atomic mass is 10.1. The number of anilines is 1. The summed E-state index contributed by atoms with van der Waals surface area (Å²) in [6.45, 7) is -0.683. The quantitative estimate of drug-likeness (QED) is 0.728. The van der Waals surface area contributed by atoms with Crippen molar-refractivity contribution >= 4 is 22.8 Å². The van der Waals surface area contributed by atoms with Crippen molar-refractivity contribution in [1.82, 2.24) is 9.55 Å². The molecule has 0 bridgehead atoms. The summed E-state index contributed by atoms with van der Waals surface area (Å²) in [5.74, 6) is -3.05. The minimum Gasteiger partial charge on any atom is -0.477 e. The van der Waals surface area contributed by atoms with Crippen LogP contribution in [0.4, 0.5) is 19.0 Å². The predicted molar refractivity (Wildman–Crippen MR) is 88.7 cm³/mol. The van der Waals surface area contributed by atoms with Gasteiger partial charge in [-0.2, -0.15) is 0 Å². The molecule has 9 heteroatoms. The molecule has 2 aromatic heterocycles. The van der Waals surface area contributed by atoms with Crippen LogP contribution in [-0.2, 0) is 0 Å². The number of aromatic carboxylic acids is 1. The van der Waals surface area contributed by atoms with Crippen molar-refractivity contribution in [2.75, 3.05) is 18.5 Å². The summed E-state index contributed by atoms with van der Waals surface area (Å²) in [7, 11) is 0. The fourth-order valence-corrected chi connectivity index (χ4v) is 2.49. The molecule has 3 rings (SSSR count). The number of carboxylic acid groups (broad SMARTS) is 1. The molecule has 0 saturated heterocycles. The van der Waals surface area contributed by atoms with Crippen molar-refractivity contribution in [3.05, 3.63) is 63.9 Å². The second-order valence-corrected chi connectivity index (χ2v) is 5.33. The van der Waals surface area contributed by atoms with Crippen LogP contribution in [0, 0.1) is 11.6 Å². The second-order valence-electron chi connectivity index (χ2n) is 5.33. The van der Waals surface area contributed by atoms with Gasteiger partial charge in [0.25, 0.3) is 0 Å². The molecular weight excluding hydrogens is 351 g/mol. The minimum atomic E-state index is -1.49. The third-order valence-electron chi connectivity index (χ3n) is 3.65. The van der Waals surface area contributed by atoms with Gasteiger partial charge in [-0.3, -0.25) is 9.36 Å². The van der Waals surface area contributed by atoms with E-state index in [1.54, 1.807) is 0 Å². The number of hydrogen-bond donors (Lipinski definition) is 2. The molecule has 0 fully saturated rings. The van der Waals surface area contributed by atoms with E-state index in [4.69, 9.17) is 0 Å². The molecule has 0 aliphatic carbocycles. The number of alkyl halides is 1. The first-order valence-corrected chi connectivity index (χ1v) is 7.47. The highest BCUT2D eigenvalue weighted by Gasteiger charge is 2.18. The topological polar surface area (TPSA) is 84.2 Å². The van der Waals surface area contributed by atoms with Gasteiger partial charge in [-0.1, -0.05) is 0 Å². The maximum atomic E-state index is 14.2. The lowest BCUT2D eigenvalue weighted by Crippen LogP contribution is -2.20. The molecule has 1 aromatic carbocycles. The van der Waals surface area contributed by atoms with Gasteiger partial charge < -0.3 is 10.4 Å². The number of rotatable bonds is 5. The molecule has 134 valence electrons. The third-order valence-corrected chi connectivity index (χ3v) is 3.65. The number of nitrogens with zero attached hydrogens (tertiary/aromatic N) is 2. The van der Waals surface area contributed by atoms with Crippen LogP contribution in [0.5, 0.6) is 0 Å². The van der Waals surface area contributed by atoms with Crippen LogP contribution >= 0.6 is 0 Å². The van der Waals surface area contributed by atoms with Crippen molar-refractivity contribution < 1.29 is 23.1 Å². The Morgan fingerprint density at radius 2 is 2.00 bits per heavy atom. The number of benzene rings is 1. The van der Waals surface area contributed by atoms with Gasteiger partial charge in [0.15, 0.2) is 5.65 Å². The molecule has 2 heterocycles. The fraction of sp³-hybridized carbons (Fsp3) is 0.118. The van der Waals surface area contributed by atoms with Gasteiger partial charge >= 0.3 is 5.97 Å². The zero-order chi connectivity index (χ0) is 18.8. The number of aromatic nitrogens is 2. The maximum absolute atomic E-state index is 14.2. The van der Waals surface area contributed by atoms with Crippen molar-refractivity contribution in [3.63, 3.8) is 0 Å². The van der Waals surface area contributed by atoms with E-state index in [1.165, 1.54) is 12.1 Å². The molecule has 2 N–H and O–H groups in total. The van der Waals surface area contributed by atoms with E-state index in [0.29, 0.717) is 6.07 Å². The Kier molecular flexibility index (Phi) is 4.61. The van der Waals surface area contributed by atoms with Gasteiger partial charge in [0.1, 0.15) is 29.7 Å². The molecule has 0 unspecified atom stereocenters. The molecule has 3 aromatic rings. The average Bonchev–Trinajstić information content (AvgIpc) is 2.60. The number of pyridine rings is 2. The van der Waals surface area contributed by atoms with Crippen LogP contribution in [0.2, 0.25) is 0 Å². The van der Waals surface area contributed by atoms with E-state index in [2.05, 4.69) is 10.3 Å². The lowest BCUT2D eigenvalue weighted by molar-refractivity contribution is 0.0695. The molecule has 0 saturated carbocycles. The van der Waals surface area contributed by atoms with Gasteiger partial charge in [0, 0.05) is 18.8 Å². The second kappa shape index (κ2) is 6.87. The largest absolute Gasteiger partial charge is 0.477 e. The lowest BCUT2D eigenvalue weighted by Gasteiger charge is -2.14. The first-order chi connectivity index (χ1) is 12.4. The zero-order valence-corrected chi connectivity index (χ0v) is 13.2. The van der Waals surface area contributed by atoms with E-state index < -0.39 is 35.3 Å². The first-order valence-electron chi connectivity index (χ1n) is 7.47. The van der Waals surface area contributed by atoms with Crippen LogP contribution in [0.25, 0.3) is 16.7 Å². The molecular formula is C17H12F3N3O3. The van der Waals surface area contributed by atoms with Crippen LogP contribution in [-0.4, -0.2) is 33.8 Å². The standard InChI is InChI=1S/C17H12F3N3O3/c18-5-6-21-14-4-2-10-15(24)11(17(25)26)8-23(16(10)22-14)13-3-1-9(19)7-12(13)20/h1-4,7-8H,5-6H2,(H,21,22)(H,25,26). The Balaban J connectivity index is 2.35. The molecule has 0 spiro atoms. The number of carbonyl (C=O) groups is 1. The number of carboxylic acids is 1. The summed E-state index contributed by atoms with van der Waals surface area (Å²) in [6.07, 6.45) is 0.926. The smallest absolute Gasteiger partial charge is 0.341 e. The third kappa shape index (κ3) is 3.10. The fourth-order valence-electron chi connectivity index (χ4n) is 2.49. The summed E-state index contributed by atoms with van der Waals surface area (Å²) in [5, 5.41) is 11.8. The van der Waals surface area contributed by atoms with E-state index in [0.717, 1.165) is 22.9 Å². The van der Waals surface area contributed by atoms with Crippen LogP contribution < -0.4 is 10.7 Å². The average molecular weight is 363 g/mol. The van der Waals surface area contributed by atoms with E-state index in [9.17, 15) is 27.9 Å².